The van der Waals surface area contributed by atoms with Gasteiger partial charge in [0.05, 0.1) is 7.11 Å². The van der Waals surface area contributed by atoms with Crippen LogP contribution >= 0.6 is 0 Å². The van der Waals surface area contributed by atoms with Gasteiger partial charge in [0.1, 0.15) is 5.75 Å². The summed E-state index contributed by atoms with van der Waals surface area (Å²) in [5.74, 6) is 0.821. The molecule has 3 aromatic rings. The second kappa shape index (κ2) is 12.6. The molecule has 5 heteroatoms. The Morgan fingerprint density at radius 1 is 1.00 bits per heavy atom. The molecular formula is C29H35N3O2. The zero-order chi connectivity index (χ0) is 24.3. The van der Waals surface area contributed by atoms with Gasteiger partial charge in [0.15, 0.2) is 0 Å². The number of carbonyl (C=O) groups excluding carboxylic acids is 1. The molecule has 0 bridgehead atoms. The summed E-state index contributed by atoms with van der Waals surface area (Å²) in [5, 5.41) is 6.49. The lowest BCUT2D eigenvalue weighted by Crippen LogP contribution is -2.28. The Kier molecular flexibility index (Phi) is 9.30. The minimum Gasteiger partial charge on any atom is -0.497 e. The van der Waals surface area contributed by atoms with Crippen LogP contribution in [0, 0.1) is 6.92 Å². The van der Waals surface area contributed by atoms with Gasteiger partial charge < -0.3 is 20.3 Å². The van der Waals surface area contributed by atoms with E-state index >= 15 is 0 Å². The molecule has 34 heavy (non-hydrogen) atoms. The highest BCUT2D eigenvalue weighted by molar-refractivity contribution is 5.95. The highest BCUT2D eigenvalue weighted by Gasteiger charge is 2.08. The first-order valence-electron chi connectivity index (χ1n) is 11.7. The predicted octanol–water partition coefficient (Wildman–Crippen LogP) is 5.99. The molecule has 0 aliphatic heterocycles. The van der Waals surface area contributed by atoms with Gasteiger partial charge in [-0.2, -0.15) is 0 Å². The first-order chi connectivity index (χ1) is 16.5. The molecule has 0 aliphatic carbocycles. The van der Waals surface area contributed by atoms with Crippen molar-refractivity contribution in [2.45, 2.75) is 20.3 Å². The van der Waals surface area contributed by atoms with Gasteiger partial charge in [-0.05, 0) is 92.6 Å². The number of aryl methyl sites for hydroxylation is 1. The van der Waals surface area contributed by atoms with Crippen LogP contribution in [0.3, 0.4) is 0 Å². The lowest BCUT2D eigenvalue weighted by atomic mass is 10.1. The van der Waals surface area contributed by atoms with Crippen molar-refractivity contribution in [1.82, 2.24) is 10.2 Å². The zero-order valence-electron chi connectivity index (χ0n) is 20.6. The van der Waals surface area contributed by atoms with Crippen LogP contribution in [0.2, 0.25) is 0 Å². The number of hydrogen-bond acceptors (Lipinski definition) is 4. The molecule has 0 fully saturated rings. The van der Waals surface area contributed by atoms with Crippen LogP contribution in [0.1, 0.15) is 40.4 Å². The lowest BCUT2D eigenvalue weighted by Gasteiger charge is -2.14. The minimum absolute atomic E-state index is 0.0283. The highest BCUT2D eigenvalue weighted by Crippen LogP contribution is 2.23. The molecule has 0 aliphatic rings. The molecular weight excluding hydrogens is 422 g/mol. The summed E-state index contributed by atoms with van der Waals surface area (Å²) in [7, 11) is 3.76. The molecule has 178 valence electrons. The van der Waals surface area contributed by atoms with E-state index in [2.05, 4.69) is 53.8 Å². The van der Waals surface area contributed by atoms with Crippen LogP contribution in [0.25, 0.3) is 12.2 Å². The molecule has 0 unspecified atom stereocenters. The molecule has 0 heterocycles. The van der Waals surface area contributed by atoms with Gasteiger partial charge in [0.25, 0.3) is 5.91 Å². The Labute approximate surface area is 203 Å². The molecule has 0 saturated carbocycles. The summed E-state index contributed by atoms with van der Waals surface area (Å²) in [6.45, 7) is 6.82. The number of benzene rings is 3. The number of nitrogens with zero attached hydrogens (tertiary/aromatic N) is 1. The van der Waals surface area contributed by atoms with Gasteiger partial charge in [-0.15, -0.1) is 0 Å². The summed E-state index contributed by atoms with van der Waals surface area (Å²) < 4.78 is 5.21. The van der Waals surface area contributed by atoms with Crippen LogP contribution in [0.4, 0.5) is 11.4 Å². The highest BCUT2D eigenvalue weighted by atomic mass is 16.5. The summed E-state index contributed by atoms with van der Waals surface area (Å²) in [6, 6.07) is 22.0. The number of ether oxygens (including phenoxy) is 1. The fourth-order valence-corrected chi connectivity index (χ4v) is 3.54. The van der Waals surface area contributed by atoms with Gasteiger partial charge in [0.2, 0.25) is 0 Å². The smallest absolute Gasteiger partial charge is 0.251 e. The van der Waals surface area contributed by atoms with Crippen LogP contribution in [0.15, 0.2) is 66.7 Å². The average Bonchev–Trinajstić information content (AvgIpc) is 2.86. The summed E-state index contributed by atoms with van der Waals surface area (Å²) >= 11 is 0. The van der Waals surface area contributed by atoms with Crippen molar-refractivity contribution in [3.05, 3.63) is 89.0 Å². The maximum absolute atomic E-state index is 12.5. The molecule has 0 atom stereocenters. The van der Waals surface area contributed by atoms with Gasteiger partial charge in [0, 0.05) is 23.5 Å². The third-order valence-electron chi connectivity index (χ3n) is 5.78. The van der Waals surface area contributed by atoms with E-state index in [-0.39, 0.29) is 5.91 Å². The van der Waals surface area contributed by atoms with Gasteiger partial charge in [-0.1, -0.05) is 43.3 Å². The third kappa shape index (κ3) is 7.49. The number of rotatable bonds is 11. The van der Waals surface area contributed by atoms with Gasteiger partial charge >= 0.3 is 0 Å². The summed E-state index contributed by atoms with van der Waals surface area (Å²) in [6.07, 6.45) is 5.11. The number of anilines is 2. The first kappa shape index (κ1) is 25.1. The van der Waals surface area contributed by atoms with E-state index in [1.54, 1.807) is 7.11 Å². The van der Waals surface area contributed by atoms with Crippen molar-refractivity contribution >= 4 is 29.4 Å². The largest absolute Gasteiger partial charge is 0.497 e. The van der Waals surface area contributed by atoms with Gasteiger partial charge in [-0.3, -0.25) is 4.79 Å². The number of amides is 1. The quantitative estimate of drug-likeness (QED) is 0.274. The first-order valence-corrected chi connectivity index (χ1v) is 11.7. The van der Waals surface area contributed by atoms with E-state index < -0.39 is 0 Å². The maximum atomic E-state index is 12.5. The summed E-state index contributed by atoms with van der Waals surface area (Å²) in [5.41, 5.74) is 5.90. The van der Waals surface area contributed by atoms with E-state index in [9.17, 15) is 4.79 Å². The van der Waals surface area contributed by atoms with Crippen molar-refractivity contribution in [1.29, 1.82) is 0 Å². The Bertz CT molecular complexity index is 1110. The SMILES string of the molecule is CCN(C)CCCNC(=O)c1ccc(Nc2cccc(/C=C/c3ccc(OC)cc3)c2)c(C)c1. The van der Waals surface area contributed by atoms with E-state index in [4.69, 9.17) is 4.74 Å². The van der Waals surface area contributed by atoms with E-state index in [0.29, 0.717) is 12.1 Å². The second-order valence-electron chi connectivity index (χ2n) is 8.39. The van der Waals surface area contributed by atoms with Crippen LogP contribution < -0.4 is 15.4 Å². The molecule has 0 aromatic heterocycles. The lowest BCUT2D eigenvalue weighted by molar-refractivity contribution is 0.0952. The topological polar surface area (TPSA) is 53.6 Å². The molecule has 0 spiro atoms. The van der Waals surface area contributed by atoms with Crippen molar-refractivity contribution in [3.63, 3.8) is 0 Å². The molecule has 1 amide bonds. The molecule has 0 radical (unpaired) electrons. The Hall–Kier alpha value is -3.57. The van der Waals surface area contributed by atoms with Crippen molar-refractivity contribution in [2.75, 3.05) is 39.1 Å². The fourth-order valence-electron chi connectivity index (χ4n) is 3.54. The fraction of sp³-hybridized carbons (Fsp3) is 0.276. The number of hydrogen-bond donors (Lipinski definition) is 2. The molecule has 0 saturated heterocycles. The maximum Gasteiger partial charge on any atom is 0.251 e. The van der Waals surface area contributed by atoms with Gasteiger partial charge in [-0.25, -0.2) is 0 Å². The average molecular weight is 458 g/mol. The predicted molar refractivity (Wildman–Crippen MR) is 143 cm³/mol. The van der Waals surface area contributed by atoms with Crippen molar-refractivity contribution in [3.8, 4) is 5.75 Å². The van der Waals surface area contributed by atoms with Crippen LogP contribution in [0.5, 0.6) is 5.75 Å². The standard InChI is InChI=1S/C29H35N3O2/c1-5-32(3)19-7-18-30-29(33)25-14-17-28(22(2)20-25)31-26-9-6-8-24(21-26)11-10-23-12-15-27(34-4)16-13-23/h6,8-17,20-21,31H,5,7,18-19H2,1-4H3,(H,30,33)/b11-10+. The Balaban J connectivity index is 1.59. The molecule has 5 nitrogen and oxygen atoms in total. The number of carbonyl (C=O) groups is 1. The Morgan fingerprint density at radius 2 is 1.76 bits per heavy atom. The van der Waals surface area contributed by atoms with Crippen molar-refractivity contribution in [2.24, 2.45) is 0 Å². The van der Waals surface area contributed by atoms with Crippen LogP contribution in [-0.4, -0.2) is 44.6 Å². The number of methoxy groups -OCH3 is 1. The zero-order valence-corrected chi connectivity index (χ0v) is 20.6. The van der Waals surface area contributed by atoms with Crippen LogP contribution in [-0.2, 0) is 0 Å². The minimum atomic E-state index is -0.0283. The van der Waals surface area contributed by atoms with Crippen molar-refractivity contribution < 1.29 is 9.53 Å². The third-order valence-corrected chi connectivity index (χ3v) is 5.78. The van der Waals surface area contributed by atoms with E-state index in [1.165, 1.54) is 0 Å². The van der Waals surface area contributed by atoms with E-state index in [0.717, 1.165) is 53.3 Å². The monoisotopic (exact) mass is 457 g/mol. The molecule has 2 N–H and O–H groups in total. The second-order valence-corrected chi connectivity index (χ2v) is 8.39. The number of nitrogens with one attached hydrogen (secondary N) is 2. The normalized spacial score (nSPS) is 11.1. The molecule has 3 aromatic carbocycles. The van der Waals surface area contributed by atoms with E-state index in [1.807, 2.05) is 61.5 Å². The Morgan fingerprint density at radius 3 is 2.47 bits per heavy atom. The summed E-state index contributed by atoms with van der Waals surface area (Å²) in [4.78, 5) is 14.7. The molecule has 3 rings (SSSR count).